The predicted octanol–water partition coefficient (Wildman–Crippen LogP) is 7.18. The largest absolute Gasteiger partial charge is 0.387 e. The molecule has 0 saturated carbocycles. The number of likely N-dealkylation sites (tertiary alicyclic amines) is 1. The van der Waals surface area contributed by atoms with Crippen molar-refractivity contribution in [1.82, 2.24) is 20.5 Å². The molecule has 0 aromatic carbocycles. The molecule has 32 heavy (non-hydrogen) atoms. The first kappa shape index (κ1) is 26.3. The Bertz CT molecular complexity index is 905. The van der Waals surface area contributed by atoms with Crippen molar-refractivity contribution in [1.29, 1.82) is 0 Å². The summed E-state index contributed by atoms with van der Waals surface area (Å²) in [6, 6.07) is 3.08. The van der Waals surface area contributed by atoms with Crippen LogP contribution < -0.4 is 10.6 Å². The van der Waals surface area contributed by atoms with Crippen molar-refractivity contribution < 1.29 is 0 Å². The number of nitrogens with zero attached hydrogens (tertiary/aromatic N) is 2. The van der Waals surface area contributed by atoms with Gasteiger partial charge in [-0.2, -0.15) is 0 Å². The molecule has 6 heteroatoms. The zero-order chi connectivity index (χ0) is 23.9. The minimum absolute atomic E-state index is 0.151. The average Bonchev–Trinajstić information content (AvgIpc) is 3.44. The molecule has 1 saturated heterocycles. The van der Waals surface area contributed by atoms with Crippen LogP contribution in [0.2, 0.25) is 0 Å². The molecular formula is C26H41N4PS. The van der Waals surface area contributed by atoms with E-state index < -0.39 is 0 Å². The standard InChI is InChI=1S/C15H28N2.C11H13N2PS/c1-11(2)16-14(15(5,6)7)13(4)17-10-8-9-12(17)3;1-3-12-6-10-4-5-14(7-10)11-9(2)13-8-15-11/h12,14,16H,1,4,8-10H2,2-3,5-7H3;3-5,7-8,12H,1,6H2,2H3. The lowest BCUT2D eigenvalue weighted by Crippen LogP contribution is -2.46. The molecule has 0 aliphatic carbocycles. The molecule has 2 N–H and O–H groups in total. The monoisotopic (exact) mass is 472 g/mol. The second-order valence-corrected chi connectivity index (χ2v) is 12.6. The number of hydrogen-bond acceptors (Lipinski definition) is 5. The minimum atomic E-state index is -0.241. The second kappa shape index (κ2) is 11.8. The lowest BCUT2D eigenvalue weighted by Gasteiger charge is -2.39. The SMILES string of the molecule is C=C(C)NC(C(=C)N1CCCC1C)C(C)(C)C.C=CNCc1ccp(-c2scnc2C)c1. The van der Waals surface area contributed by atoms with Gasteiger partial charge in [0.1, 0.15) is 0 Å². The van der Waals surface area contributed by atoms with E-state index >= 15 is 0 Å². The van der Waals surface area contributed by atoms with Crippen LogP contribution >= 0.6 is 18.9 Å². The predicted molar refractivity (Wildman–Crippen MR) is 144 cm³/mol. The molecule has 2 aromatic heterocycles. The molecule has 3 rings (SSSR count). The van der Waals surface area contributed by atoms with Gasteiger partial charge in [0.15, 0.2) is 0 Å². The van der Waals surface area contributed by atoms with Crippen molar-refractivity contribution in [3.05, 3.63) is 71.8 Å². The van der Waals surface area contributed by atoms with Gasteiger partial charge in [0.2, 0.25) is 0 Å². The van der Waals surface area contributed by atoms with Gasteiger partial charge in [-0.3, -0.25) is 0 Å². The summed E-state index contributed by atoms with van der Waals surface area (Å²) in [6.45, 7) is 27.1. The first-order valence-corrected chi connectivity index (χ1v) is 13.7. The Kier molecular flexibility index (Phi) is 9.66. The third-order valence-electron chi connectivity index (χ3n) is 5.67. The fraction of sp³-hybridized carbons (Fsp3) is 0.500. The molecule has 1 aliphatic heterocycles. The maximum Gasteiger partial charge on any atom is 0.0804 e. The molecule has 0 radical (unpaired) electrons. The molecular weight excluding hydrogens is 431 g/mol. The third-order valence-corrected chi connectivity index (χ3v) is 9.22. The number of allylic oxidation sites excluding steroid dienone is 1. The second-order valence-electron chi connectivity index (χ2n) is 9.65. The van der Waals surface area contributed by atoms with Gasteiger partial charge in [-0.05, 0) is 62.4 Å². The lowest BCUT2D eigenvalue weighted by atomic mass is 9.84. The molecule has 2 aromatic rings. The van der Waals surface area contributed by atoms with Crippen molar-refractivity contribution >= 4 is 18.9 Å². The summed E-state index contributed by atoms with van der Waals surface area (Å²) in [4.78, 5) is 6.74. The van der Waals surface area contributed by atoms with E-state index in [0.29, 0.717) is 6.04 Å². The molecule has 0 bridgehead atoms. The Labute approximate surface area is 200 Å². The molecule has 3 atom stereocenters. The Hall–Kier alpha value is -1.97. The number of hydrogen-bond donors (Lipinski definition) is 2. The minimum Gasteiger partial charge on any atom is -0.387 e. The summed E-state index contributed by atoms with van der Waals surface area (Å²) < 4.78 is 1.41. The number of aryl methyl sites for hydroxylation is 1. The number of thiazole rings is 1. The Balaban J connectivity index is 0.000000228. The number of nitrogens with one attached hydrogen (secondary N) is 2. The van der Waals surface area contributed by atoms with Crippen LogP contribution in [0.3, 0.4) is 0 Å². The van der Waals surface area contributed by atoms with Crippen LogP contribution in [0.4, 0.5) is 0 Å². The maximum absolute atomic E-state index is 4.33. The highest BCUT2D eigenvalue weighted by Crippen LogP contribution is 2.44. The summed E-state index contributed by atoms with van der Waals surface area (Å²) in [5, 5.41) is 6.59. The zero-order valence-corrected chi connectivity index (χ0v) is 22.5. The van der Waals surface area contributed by atoms with Gasteiger partial charge in [0.25, 0.3) is 0 Å². The molecule has 3 heterocycles. The zero-order valence-electron chi connectivity index (χ0n) is 20.7. The van der Waals surface area contributed by atoms with Crippen molar-refractivity contribution in [2.75, 3.05) is 6.54 Å². The summed E-state index contributed by atoms with van der Waals surface area (Å²) in [5.74, 6) is 4.63. The third kappa shape index (κ3) is 7.28. The fourth-order valence-electron chi connectivity index (χ4n) is 3.98. The van der Waals surface area contributed by atoms with Crippen LogP contribution in [0.25, 0.3) is 4.62 Å². The summed E-state index contributed by atoms with van der Waals surface area (Å²) >= 11 is 1.75. The van der Waals surface area contributed by atoms with E-state index in [1.807, 2.05) is 12.4 Å². The first-order valence-electron chi connectivity index (χ1n) is 11.3. The molecule has 0 amide bonds. The van der Waals surface area contributed by atoms with E-state index in [0.717, 1.165) is 18.8 Å². The van der Waals surface area contributed by atoms with E-state index in [4.69, 9.17) is 0 Å². The van der Waals surface area contributed by atoms with Crippen LogP contribution in [-0.2, 0) is 6.54 Å². The lowest BCUT2D eigenvalue weighted by molar-refractivity contribution is 0.236. The van der Waals surface area contributed by atoms with E-state index in [-0.39, 0.29) is 19.0 Å². The highest BCUT2D eigenvalue weighted by molar-refractivity contribution is 7.62. The van der Waals surface area contributed by atoms with Crippen molar-refractivity contribution in [2.45, 2.75) is 73.0 Å². The van der Waals surface area contributed by atoms with Gasteiger partial charge in [0.05, 0.1) is 21.9 Å². The Morgan fingerprint density at radius 1 is 1.41 bits per heavy atom. The van der Waals surface area contributed by atoms with Crippen LogP contribution in [-0.4, -0.2) is 28.5 Å². The maximum atomic E-state index is 4.33. The quantitative estimate of drug-likeness (QED) is 0.427. The molecule has 4 nitrogen and oxygen atoms in total. The first-order chi connectivity index (χ1) is 15.0. The molecule has 3 unspecified atom stereocenters. The van der Waals surface area contributed by atoms with E-state index in [1.54, 1.807) is 17.5 Å². The van der Waals surface area contributed by atoms with Gasteiger partial charge >= 0.3 is 0 Å². The van der Waals surface area contributed by atoms with Crippen LogP contribution in [0.5, 0.6) is 0 Å². The van der Waals surface area contributed by atoms with Gasteiger partial charge < -0.3 is 15.5 Å². The van der Waals surface area contributed by atoms with Gasteiger partial charge in [-0.25, -0.2) is 4.98 Å². The average molecular weight is 473 g/mol. The fourth-order valence-corrected chi connectivity index (χ4v) is 7.14. The normalized spacial score (nSPS) is 17.2. The van der Waals surface area contributed by atoms with Gasteiger partial charge in [0, 0.05) is 30.5 Å². The van der Waals surface area contributed by atoms with Crippen LogP contribution in [0, 0.1) is 12.3 Å². The van der Waals surface area contributed by atoms with Gasteiger partial charge in [-0.15, -0.1) is 11.3 Å². The van der Waals surface area contributed by atoms with Crippen LogP contribution in [0.15, 0.2) is 60.5 Å². The van der Waals surface area contributed by atoms with Crippen molar-refractivity contribution in [3.63, 3.8) is 0 Å². The number of aromatic nitrogens is 1. The summed E-state index contributed by atoms with van der Waals surface area (Å²) in [7, 11) is -0.241. The summed E-state index contributed by atoms with van der Waals surface area (Å²) in [5.41, 5.74) is 6.81. The molecule has 0 spiro atoms. The Morgan fingerprint density at radius 2 is 2.12 bits per heavy atom. The van der Waals surface area contributed by atoms with E-state index in [9.17, 15) is 0 Å². The smallest absolute Gasteiger partial charge is 0.0804 e. The van der Waals surface area contributed by atoms with Crippen molar-refractivity contribution in [2.24, 2.45) is 5.41 Å². The Morgan fingerprint density at radius 3 is 2.62 bits per heavy atom. The summed E-state index contributed by atoms with van der Waals surface area (Å²) in [6.07, 6.45) is 4.29. The topological polar surface area (TPSA) is 40.2 Å². The number of rotatable bonds is 8. The van der Waals surface area contributed by atoms with Gasteiger partial charge in [-0.1, -0.05) is 54.1 Å². The van der Waals surface area contributed by atoms with E-state index in [1.165, 1.54) is 34.4 Å². The molecule has 1 fully saturated rings. The molecule has 176 valence electrons. The molecule has 1 aliphatic rings. The highest BCUT2D eigenvalue weighted by atomic mass is 32.1. The van der Waals surface area contributed by atoms with Crippen molar-refractivity contribution in [3.8, 4) is 4.62 Å². The van der Waals surface area contributed by atoms with E-state index in [2.05, 4.69) is 92.5 Å². The van der Waals surface area contributed by atoms with Crippen LogP contribution in [0.1, 0.15) is 58.7 Å². The highest BCUT2D eigenvalue weighted by Gasteiger charge is 2.32.